The number of hydrogen-bond acceptors (Lipinski definition) is 2. The third-order valence-corrected chi connectivity index (χ3v) is 2.65. The standard InChI is InChI=1S/C12H15F4NO/c1-7(17-3)9-4-5-11(10(13)6-9)18-8(2)12(14,15)16/h4-8,17H,1-3H3. The Bertz CT molecular complexity index is 406. The largest absolute Gasteiger partial charge is 0.478 e. The van der Waals surface area contributed by atoms with Crippen LogP contribution in [-0.2, 0) is 0 Å². The van der Waals surface area contributed by atoms with Crippen LogP contribution in [0.1, 0.15) is 25.5 Å². The number of benzene rings is 1. The van der Waals surface area contributed by atoms with Crippen molar-refractivity contribution in [2.75, 3.05) is 7.05 Å². The van der Waals surface area contributed by atoms with Gasteiger partial charge in [0.2, 0.25) is 0 Å². The van der Waals surface area contributed by atoms with Gasteiger partial charge in [-0.3, -0.25) is 0 Å². The van der Waals surface area contributed by atoms with Crippen molar-refractivity contribution < 1.29 is 22.3 Å². The van der Waals surface area contributed by atoms with Crippen molar-refractivity contribution in [1.29, 1.82) is 0 Å². The van der Waals surface area contributed by atoms with E-state index in [0.29, 0.717) is 5.56 Å². The summed E-state index contributed by atoms with van der Waals surface area (Å²) in [6.07, 6.45) is -6.55. The summed E-state index contributed by atoms with van der Waals surface area (Å²) in [7, 11) is 1.71. The SMILES string of the molecule is CNC(C)c1ccc(OC(C)C(F)(F)F)c(F)c1. The van der Waals surface area contributed by atoms with E-state index in [0.717, 1.165) is 6.92 Å². The normalized spacial score (nSPS) is 15.3. The summed E-state index contributed by atoms with van der Waals surface area (Å²) >= 11 is 0. The van der Waals surface area contributed by atoms with Crippen LogP contribution in [0, 0.1) is 5.82 Å². The predicted molar refractivity (Wildman–Crippen MR) is 60.0 cm³/mol. The molecule has 0 saturated heterocycles. The van der Waals surface area contributed by atoms with Gasteiger partial charge in [0.15, 0.2) is 17.7 Å². The zero-order chi connectivity index (χ0) is 13.9. The fourth-order valence-corrected chi connectivity index (χ4v) is 1.31. The van der Waals surface area contributed by atoms with Crippen LogP contribution in [-0.4, -0.2) is 19.3 Å². The average molecular weight is 265 g/mol. The zero-order valence-electron chi connectivity index (χ0n) is 10.3. The summed E-state index contributed by atoms with van der Waals surface area (Å²) in [6.45, 7) is 2.65. The Labute approximate surface area is 103 Å². The highest BCUT2D eigenvalue weighted by molar-refractivity contribution is 5.31. The maximum atomic E-state index is 13.6. The molecule has 0 radical (unpaired) electrons. The minimum Gasteiger partial charge on any atom is -0.478 e. The molecular formula is C12H15F4NO. The third-order valence-electron chi connectivity index (χ3n) is 2.65. The maximum Gasteiger partial charge on any atom is 0.425 e. The average Bonchev–Trinajstić information content (AvgIpc) is 2.29. The van der Waals surface area contributed by atoms with Crippen LogP contribution >= 0.6 is 0 Å². The lowest BCUT2D eigenvalue weighted by molar-refractivity contribution is -0.189. The van der Waals surface area contributed by atoms with Gasteiger partial charge >= 0.3 is 6.18 Å². The first-order valence-electron chi connectivity index (χ1n) is 5.45. The first-order chi connectivity index (χ1) is 8.25. The Balaban J connectivity index is 2.87. The molecule has 102 valence electrons. The van der Waals surface area contributed by atoms with Gasteiger partial charge in [0.05, 0.1) is 0 Å². The quantitative estimate of drug-likeness (QED) is 0.842. The van der Waals surface area contributed by atoms with Gasteiger partial charge in [-0.25, -0.2) is 4.39 Å². The van der Waals surface area contributed by atoms with E-state index in [1.165, 1.54) is 18.2 Å². The lowest BCUT2D eigenvalue weighted by Gasteiger charge is -2.19. The summed E-state index contributed by atoms with van der Waals surface area (Å²) in [6, 6.07) is 3.82. The summed E-state index contributed by atoms with van der Waals surface area (Å²) in [5, 5.41) is 2.91. The van der Waals surface area contributed by atoms with Gasteiger partial charge in [-0.15, -0.1) is 0 Å². The molecule has 0 aliphatic carbocycles. The second-order valence-electron chi connectivity index (χ2n) is 4.00. The van der Waals surface area contributed by atoms with Crippen molar-refractivity contribution >= 4 is 0 Å². The molecule has 0 aliphatic rings. The highest BCUT2D eigenvalue weighted by atomic mass is 19.4. The molecule has 0 spiro atoms. The molecule has 0 fully saturated rings. The van der Waals surface area contributed by atoms with Gasteiger partial charge in [0.1, 0.15) is 0 Å². The first kappa shape index (κ1) is 14.8. The molecule has 6 heteroatoms. The lowest BCUT2D eigenvalue weighted by atomic mass is 10.1. The molecule has 2 unspecified atom stereocenters. The summed E-state index contributed by atoms with van der Waals surface area (Å²) in [5.41, 5.74) is 0.641. The van der Waals surface area contributed by atoms with Crippen LogP contribution in [0.15, 0.2) is 18.2 Å². The number of ether oxygens (including phenoxy) is 1. The second kappa shape index (κ2) is 5.56. The molecule has 0 saturated carbocycles. The van der Waals surface area contributed by atoms with E-state index < -0.39 is 23.8 Å². The Kier molecular flexibility index (Phi) is 4.56. The lowest BCUT2D eigenvalue weighted by Crippen LogP contribution is -2.31. The van der Waals surface area contributed by atoms with Crippen molar-refractivity contribution in [3.63, 3.8) is 0 Å². The topological polar surface area (TPSA) is 21.3 Å². The predicted octanol–water partition coefficient (Wildman–Crippen LogP) is 3.44. The number of alkyl halides is 3. The van der Waals surface area contributed by atoms with E-state index in [1.54, 1.807) is 7.05 Å². The number of hydrogen-bond donors (Lipinski definition) is 1. The third kappa shape index (κ3) is 3.60. The van der Waals surface area contributed by atoms with Gasteiger partial charge in [-0.1, -0.05) is 6.07 Å². The zero-order valence-corrected chi connectivity index (χ0v) is 10.3. The van der Waals surface area contributed by atoms with Crippen LogP contribution in [0.25, 0.3) is 0 Å². The van der Waals surface area contributed by atoms with Crippen molar-refractivity contribution in [3.05, 3.63) is 29.6 Å². The van der Waals surface area contributed by atoms with E-state index in [9.17, 15) is 17.6 Å². The Morgan fingerprint density at radius 2 is 1.83 bits per heavy atom. The van der Waals surface area contributed by atoms with Gasteiger partial charge in [-0.05, 0) is 38.6 Å². The van der Waals surface area contributed by atoms with Crippen molar-refractivity contribution in [3.8, 4) is 5.75 Å². The van der Waals surface area contributed by atoms with Crippen molar-refractivity contribution in [1.82, 2.24) is 5.32 Å². The molecule has 1 aromatic carbocycles. The summed E-state index contributed by atoms with van der Waals surface area (Å²) in [4.78, 5) is 0. The van der Waals surface area contributed by atoms with Gasteiger partial charge in [-0.2, -0.15) is 13.2 Å². The molecule has 1 rings (SSSR count). The van der Waals surface area contributed by atoms with Crippen LogP contribution in [0.4, 0.5) is 17.6 Å². The minimum absolute atomic E-state index is 0.0893. The highest BCUT2D eigenvalue weighted by Crippen LogP contribution is 2.28. The van der Waals surface area contributed by atoms with Crippen LogP contribution in [0.3, 0.4) is 0 Å². The monoisotopic (exact) mass is 265 g/mol. The molecule has 0 heterocycles. The first-order valence-corrected chi connectivity index (χ1v) is 5.45. The van der Waals surface area contributed by atoms with Gasteiger partial charge in [0.25, 0.3) is 0 Å². The van der Waals surface area contributed by atoms with Crippen molar-refractivity contribution in [2.24, 2.45) is 0 Å². The molecule has 0 aromatic heterocycles. The number of nitrogens with one attached hydrogen (secondary N) is 1. The van der Waals surface area contributed by atoms with Crippen LogP contribution in [0.5, 0.6) is 5.75 Å². The summed E-state index contributed by atoms with van der Waals surface area (Å²) in [5.74, 6) is -1.20. The van der Waals surface area contributed by atoms with E-state index >= 15 is 0 Å². The van der Waals surface area contributed by atoms with E-state index in [4.69, 9.17) is 0 Å². The minimum atomic E-state index is -4.51. The van der Waals surface area contributed by atoms with Crippen LogP contribution < -0.4 is 10.1 Å². The van der Waals surface area contributed by atoms with Gasteiger partial charge < -0.3 is 10.1 Å². The second-order valence-corrected chi connectivity index (χ2v) is 4.00. The fourth-order valence-electron chi connectivity index (χ4n) is 1.31. The molecule has 2 atom stereocenters. The van der Waals surface area contributed by atoms with E-state index in [2.05, 4.69) is 10.1 Å². The molecule has 18 heavy (non-hydrogen) atoms. The van der Waals surface area contributed by atoms with E-state index in [-0.39, 0.29) is 6.04 Å². The number of rotatable bonds is 4. The highest BCUT2D eigenvalue weighted by Gasteiger charge is 2.38. The molecule has 0 aliphatic heterocycles. The summed E-state index contributed by atoms with van der Waals surface area (Å²) < 4.78 is 54.9. The Morgan fingerprint density at radius 3 is 2.28 bits per heavy atom. The molecule has 1 aromatic rings. The Hall–Kier alpha value is -1.30. The smallest absolute Gasteiger partial charge is 0.425 e. The number of halogens is 4. The molecule has 0 amide bonds. The molecule has 2 nitrogen and oxygen atoms in total. The van der Waals surface area contributed by atoms with Crippen LogP contribution in [0.2, 0.25) is 0 Å². The molecular weight excluding hydrogens is 250 g/mol. The van der Waals surface area contributed by atoms with E-state index in [1.807, 2.05) is 6.92 Å². The van der Waals surface area contributed by atoms with Gasteiger partial charge in [0, 0.05) is 6.04 Å². The fraction of sp³-hybridized carbons (Fsp3) is 0.500. The maximum absolute atomic E-state index is 13.6. The Morgan fingerprint density at radius 1 is 1.22 bits per heavy atom. The van der Waals surface area contributed by atoms with Crippen molar-refractivity contribution in [2.45, 2.75) is 32.2 Å². The molecule has 1 N–H and O–H groups in total. The molecule has 0 bridgehead atoms.